The quantitative estimate of drug-likeness (QED) is 0.602. The minimum Gasteiger partial charge on any atom is -0.508 e. The summed E-state index contributed by atoms with van der Waals surface area (Å²) in [6.07, 6.45) is 8.36. The number of ether oxygens (including phenoxy) is 1. The number of aromatic hydroxyl groups is 1. The van der Waals surface area contributed by atoms with Crippen molar-refractivity contribution >= 4 is 11.0 Å². The zero-order chi connectivity index (χ0) is 20.5. The molecule has 3 rings (SSSR count). The fourth-order valence-corrected chi connectivity index (χ4v) is 3.79. The lowest BCUT2D eigenvalue weighted by Gasteiger charge is -2.27. The van der Waals surface area contributed by atoms with Crippen LogP contribution >= 0.6 is 0 Å². The molecule has 0 bridgehead atoms. The molecule has 0 amide bonds. The van der Waals surface area contributed by atoms with Gasteiger partial charge in [-0.15, -0.1) is 0 Å². The van der Waals surface area contributed by atoms with Gasteiger partial charge in [-0.05, 0) is 65.5 Å². The van der Waals surface area contributed by atoms with Gasteiger partial charge in [-0.25, -0.2) is 0 Å². The number of benzene rings is 1. The molecule has 0 aliphatic carbocycles. The second-order valence-corrected chi connectivity index (χ2v) is 8.36. The lowest BCUT2D eigenvalue weighted by atomic mass is 9.83. The highest BCUT2D eigenvalue weighted by molar-refractivity contribution is 5.79. The zero-order valence-corrected chi connectivity index (χ0v) is 17.5. The Morgan fingerprint density at radius 1 is 1.21 bits per heavy atom. The van der Waals surface area contributed by atoms with Crippen LogP contribution in [-0.4, -0.2) is 10.7 Å². The number of phenolic OH excluding ortho intramolecular Hbond substituents is 1. The van der Waals surface area contributed by atoms with E-state index in [-0.39, 0.29) is 17.1 Å². The van der Waals surface area contributed by atoms with Crippen LogP contribution in [0.2, 0.25) is 0 Å². The topological polar surface area (TPSA) is 59.7 Å². The Bertz CT molecular complexity index is 992. The molecule has 150 valence electrons. The van der Waals surface area contributed by atoms with E-state index in [9.17, 15) is 9.90 Å². The molecule has 1 aromatic heterocycles. The third kappa shape index (κ3) is 4.01. The Labute approximate surface area is 166 Å². The number of rotatable bonds is 6. The van der Waals surface area contributed by atoms with Crippen molar-refractivity contribution in [3.8, 4) is 11.7 Å². The van der Waals surface area contributed by atoms with E-state index in [1.54, 1.807) is 6.07 Å². The van der Waals surface area contributed by atoms with E-state index in [4.69, 9.17) is 9.15 Å². The minimum absolute atomic E-state index is 0.0590. The van der Waals surface area contributed by atoms with Gasteiger partial charge in [0.15, 0.2) is 5.43 Å². The van der Waals surface area contributed by atoms with Gasteiger partial charge in [0.25, 0.3) is 5.95 Å². The second kappa shape index (κ2) is 7.86. The summed E-state index contributed by atoms with van der Waals surface area (Å²) in [4.78, 5) is 12.9. The molecule has 0 unspecified atom stereocenters. The first-order valence-electron chi connectivity index (χ1n) is 9.99. The summed E-state index contributed by atoms with van der Waals surface area (Å²) < 4.78 is 12.0. The van der Waals surface area contributed by atoms with E-state index in [0.29, 0.717) is 22.5 Å². The molecule has 0 saturated carbocycles. The molecular weight excluding hydrogens is 352 g/mol. The number of hydrogen-bond donors (Lipinski definition) is 1. The van der Waals surface area contributed by atoms with Crippen LogP contribution in [0.15, 0.2) is 50.7 Å². The Morgan fingerprint density at radius 3 is 2.68 bits per heavy atom. The average Bonchev–Trinajstić information content (AvgIpc) is 2.85. The summed E-state index contributed by atoms with van der Waals surface area (Å²) in [5.41, 5.74) is 3.13. The SMILES string of the molecule is CC(C)=CCC/C(C)=C/CC[C@@]1(C)Oc2oc3cc(O)ccc3c(=O)c2[C@@H]1C. The predicted octanol–water partition coefficient (Wildman–Crippen LogP) is 6.23. The molecule has 28 heavy (non-hydrogen) atoms. The van der Waals surface area contributed by atoms with E-state index in [1.165, 1.54) is 23.3 Å². The second-order valence-electron chi connectivity index (χ2n) is 8.36. The van der Waals surface area contributed by atoms with Gasteiger partial charge < -0.3 is 14.3 Å². The fraction of sp³-hybridized carbons (Fsp3) is 0.458. The highest BCUT2D eigenvalue weighted by atomic mass is 16.6. The highest BCUT2D eigenvalue weighted by Crippen LogP contribution is 2.46. The molecule has 2 heterocycles. The van der Waals surface area contributed by atoms with Crippen molar-refractivity contribution in [2.24, 2.45) is 0 Å². The number of hydrogen-bond acceptors (Lipinski definition) is 4. The maximum atomic E-state index is 12.9. The van der Waals surface area contributed by atoms with Crippen LogP contribution in [0.4, 0.5) is 0 Å². The van der Waals surface area contributed by atoms with Crippen LogP contribution in [0, 0.1) is 0 Å². The first kappa shape index (κ1) is 20.2. The van der Waals surface area contributed by atoms with Crippen molar-refractivity contribution in [1.82, 2.24) is 0 Å². The van der Waals surface area contributed by atoms with Gasteiger partial charge in [0.2, 0.25) is 0 Å². The molecule has 2 aromatic rings. The molecule has 4 heteroatoms. The summed E-state index contributed by atoms with van der Waals surface area (Å²) in [7, 11) is 0. The smallest absolute Gasteiger partial charge is 0.293 e. The minimum atomic E-state index is -0.485. The van der Waals surface area contributed by atoms with E-state index in [2.05, 4.69) is 32.9 Å². The van der Waals surface area contributed by atoms with Crippen LogP contribution in [0.1, 0.15) is 71.8 Å². The number of fused-ring (bicyclic) bond motifs is 2. The van der Waals surface area contributed by atoms with E-state index >= 15 is 0 Å². The van der Waals surface area contributed by atoms with Gasteiger partial charge >= 0.3 is 0 Å². The molecule has 1 aliphatic heterocycles. The van der Waals surface area contributed by atoms with Crippen LogP contribution in [0.25, 0.3) is 11.0 Å². The maximum absolute atomic E-state index is 12.9. The number of allylic oxidation sites excluding steroid dienone is 4. The molecule has 4 nitrogen and oxygen atoms in total. The maximum Gasteiger partial charge on any atom is 0.293 e. The summed E-state index contributed by atoms with van der Waals surface area (Å²) in [6.45, 7) is 10.5. The van der Waals surface area contributed by atoms with E-state index in [0.717, 1.165) is 25.7 Å². The lowest BCUT2D eigenvalue weighted by molar-refractivity contribution is 0.0637. The molecule has 0 radical (unpaired) electrons. The van der Waals surface area contributed by atoms with Gasteiger partial charge in [0, 0.05) is 12.0 Å². The van der Waals surface area contributed by atoms with Crippen LogP contribution < -0.4 is 10.2 Å². The molecule has 0 spiro atoms. The van der Waals surface area contributed by atoms with Gasteiger partial charge in [-0.2, -0.15) is 0 Å². The monoisotopic (exact) mass is 382 g/mol. The van der Waals surface area contributed by atoms with Gasteiger partial charge in [-0.3, -0.25) is 4.79 Å². The van der Waals surface area contributed by atoms with Crippen LogP contribution in [0.3, 0.4) is 0 Å². The van der Waals surface area contributed by atoms with Gasteiger partial charge in [0.1, 0.15) is 16.9 Å². The molecule has 2 atom stereocenters. The predicted molar refractivity (Wildman–Crippen MR) is 113 cm³/mol. The molecule has 1 N–H and O–H groups in total. The van der Waals surface area contributed by atoms with Gasteiger partial charge in [-0.1, -0.05) is 30.2 Å². The van der Waals surface area contributed by atoms with E-state index in [1.807, 2.05) is 13.8 Å². The number of phenols is 1. The highest BCUT2D eigenvalue weighted by Gasteiger charge is 2.45. The Hall–Kier alpha value is -2.49. The molecule has 1 aromatic carbocycles. The normalized spacial score (nSPS) is 21.5. The summed E-state index contributed by atoms with van der Waals surface area (Å²) in [5.74, 6) is 0.303. The lowest BCUT2D eigenvalue weighted by Crippen LogP contribution is -2.33. The van der Waals surface area contributed by atoms with E-state index < -0.39 is 5.60 Å². The Balaban J connectivity index is 1.76. The third-order valence-electron chi connectivity index (χ3n) is 5.78. The largest absolute Gasteiger partial charge is 0.508 e. The van der Waals surface area contributed by atoms with Crippen molar-refractivity contribution in [3.05, 3.63) is 57.3 Å². The van der Waals surface area contributed by atoms with Crippen molar-refractivity contribution < 1.29 is 14.3 Å². The third-order valence-corrected chi connectivity index (χ3v) is 5.78. The summed E-state index contributed by atoms with van der Waals surface area (Å²) in [5, 5.41) is 10.1. The van der Waals surface area contributed by atoms with Gasteiger partial charge in [0.05, 0.1) is 10.9 Å². The molecule has 0 saturated heterocycles. The fourth-order valence-electron chi connectivity index (χ4n) is 3.79. The van der Waals surface area contributed by atoms with Crippen LogP contribution in [-0.2, 0) is 0 Å². The first-order chi connectivity index (χ1) is 13.2. The Kier molecular flexibility index (Phi) is 5.69. The molecular formula is C24H30O4. The average molecular weight is 383 g/mol. The first-order valence-corrected chi connectivity index (χ1v) is 9.99. The van der Waals surface area contributed by atoms with Crippen molar-refractivity contribution in [1.29, 1.82) is 0 Å². The molecule has 0 fully saturated rings. The van der Waals surface area contributed by atoms with Crippen molar-refractivity contribution in [2.75, 3.05) is 0 Å². The molecule has 1 aliphatic rings. The summed E-state index contributed by atoms with van der Waals surface area (Å²) in [6, 6.07) is 4.57. The zero-order valence-electron chi connectivity index (χ0n) is 17.5. The van der Waals surface area contributed by atoms with Crippen molar-refractivity contribution in [3.63, 3.8) is 0 Å². The Morgan fingerprint density at radius 2 is 1.96 bits per heavy atom. The standard InChI is InChI=1S/C24H30O4/c1-15(2)8-6-9-16(3)10-7-13-24(5)17(4)21-22(26)19-12-11-18(25)14-20(19)27-23(21)28-24/h8,10-12,14,17,25H,6-7,9,13H2,1-5H3/b16-10+/t17-,24+/m0/s1. The summed E-state index contributed by atoms with van der Waals surface area (Å²) >= 11 is 0. The van der Waals surface area contributed by atoms with Crippen molar-refractivity contribution in [2.45, 2.75) is 71.8 Å². The van der Waals surface area contributed by atoms with Crippen LogP contribution in [0.5, 0.6) is 11.7 Å².